The number of ether oxygens (including phenoxy) is 1. The van der Waals surface area contributed by atoms with Gasteiger partial charge in [0.1, 0.15) is 5.75 Å². The molecule has 1 amide bonds. The molecule has 6 heteroatoms. The van der Waals surface area contributed by atoms with Gasteiger partial charge in [0.05, 0.1) is 18.4 Å². The Hall–Kier alpha value is -3.57. The molecule has 0 aliphatic carbocycles. The molecule has 0 radical (unpaired) electrons. The summed E-state index contributed by atoms with van der Waals surface area (Å²) < 4.78 is 6.74. The van der Waals surface area contributed by atoms with Gasteiger partial charge in [-0.05, 0) is 29.8 Å². The van der Waals surface area contributed by atoms with E-state index in [0.717, 1.165) is 5.56 Å². The molecule has 0 saturated carbocycles. The van der Waals surface area contributed by atoms with Gasteiger partial charge < -0.3 is 10.1 Å². The van der Waals surface area contributed by atoms with Crippen LogP contribution in [0.2, 0.25) is 5.02 Å². The standard InChI is InChI=1S/C24H19ClN2O3/c1-30-18-9-6-8-17(13-18)27-15-21(19-10-3-4-11-20(19)24(27)29)23(28)26-14-16-7-2-5-12-22(16)25/h2-13,15H,14H2,1H3,(H,26,28). The SMILES string of the molecule is COc1cccc(-n2cc(C(=O)NCc3ccccc3Cl)c3ccccc3c2=O)c1. The second-order valence-corrected chi connectivity index (χ2v) is 7.15. The number of amides is 1. The highest BCUT2D eigenvalue weighted by Crippen LogP contribution is 2.21. The minimum atomic E-state index is -0.289. The van der Waals surface area contributed by atoms with E-state index in [2.05, 4.69) is 5.32 Å². The zero-order chi connectivity index (χ0) is 21.1. The Balaban J connectivity index is 1.79. The molecule has 0 saturated heterocycles. The van der Waals surface area contributed by atoms with E-state index in [4.69, 9.17) is 16.3 Å². The fraction of sp³-hybridized carbons (Fsp3) is 0.0833. The summed E-state index contributed by atoms with van der Waals surface area (Å²) in [5, 5.41) is 4.55. The molecule has 4 rings (SSSR count). The maximum absolute atomic E-state index is 13.1. The van der Waals surface area contributed by atoms with Gasteiger partial charge in [-0.15, -0.1) is 0 Å². The number of nitrogens with one attached hydrogen (secondary N) is 1. The predicted molar refractivity (Wildman–Crippen MR) is 119 cm³/mol. The van der Waals surface area contributed by atoms with Gasteiger partial charge in [0.2, 0.25) is 0 Å². The molecule has 0 fully saturated rings. The summed E-state index contributed by atoms with van der Waals surface area (Å²) in [7, 11) is 1.57. The molecule has 1 N–H and O–H groups in total. The van der Waals surface area contributed by atoms with Gasteiger partial charge in [0.15, 0.2) is 0 Å². The van der Waals surface area contributed by atoms with Crippen LogP contribution in [0.4, 0.5) is 0 Å². The third-order valence-electron chi connectivity index (χ3n) is 4.90. The Morgan fingerprint density at radius 3 is 2.50 bits per heavy atom. The van der Waals surface area contributed by atoms with E-state index in [1.54, 1.807) is 61.8 Å². The van der Waals surface area contributed by atoms with E-state index in [9.17, 15) is 9.59 Å². The topological polar surface area (TPSA) is 60.3 Å². The first-order valence-electron chi connectivity index (χ1n) is 9.39. The van der Waals surface area contributed by atoms with Gasteiger partial charge in [-0.25, -0.2) is 0 Å². The zero-order valence-corrected chi connectivity index (χ0v) is 17.0. The van der Waals surface area contributed by atoms with Crippen LogP contribution in [-0.4, -0.2) is 17.6 Å². The third-order valence-corrected chi connectivity index (χ3v) is 5.27. The first kappa shape index (κ1) is 19.7. The van der Waals surface area contributed by atoms with E-state index in [-0.39, 0.29) is 18.0 Å². The summed E-state index contributed by atoms with van der Waals surface area (Å²) in [5.41, 5.74) is 1.63. The van der Waals surface area contributed by atoms with Gasteiger partial charge >= 0.3 is 0 Å². The largest absolute Gasteiger partial charge is 0.497 e. The highest BCUT2D eigenvalue weighted by Gasteiger charge is 2.16. The number of methoxy groups -OCH3 is 1. The lowest BCUT2D eigenvalue weighted by molar-refractivity contribution is 0.0952. The van der Waals surface area contributed by atoms with Crippen molar-refractivity contribution in [2.24, 2.45) is 0 Å². The van der Waals surface area contributed by atoms with Crippen LogP contribution in [0.5, 0.6) is 5.75 Å². The van der Waals surface area contributed by atoms with Crippen molar-refractivity contribution in [2.45, 2.75) is 6.54 Å². The second kappa shape index (κ2) is 8.43. The number of carbonyl (C=O) groups excluding carboxylic acids is 1. The quantitative estimate of drug-likeness (QED) is 0.516. The molecule has 150 valence electrons. The summed E-state index contributed by atoms with van der Waals surface area (Å²) >= 11 is 6.19. The van der Waals surface area contributed by atoms with Gasteiger partial charge in [-0.2, -0.15) is 0 Å². The maximum Gasteiger partial charge on any atom is 0.262 e. The maximum atomic E-state index is 13.1. The predicted octanol–water partition coefficient (Wildman–Crippen LogP) is 4.58. The van der Waals surface area contributed by atoms with Crippen LogP contribution in [-0.2, 0) is 6.54 Å². The molecule has 1 heterocycles. The van der Waals surface area contributed by atoms with Gasteiger partial charge in [-0.1, -0.05) is 54.1 Å². The molecular formula is C24H19ClN2O3. The number of hydrogen-bond donors (Lipinski definition) is 1. The minimum Gasteiger partial charge on any atom is -0.497 e. The average molecular weight is 419 g/mol. The molecule has 1 aromatic heterocycles. The number of carbonyl (C=O) groups is 1. The Labute approximate surface area is 178 Å². The molecule has 0 unspecified atom stereocenters. The van der Waals surface area contributed by atoms with E-state index < -0.39 is 0 Å². The molecule has 0 bridgehead atoms. The summed E-state index contributed by atoms with van der Waals surface area (Å²) in [6, 6.07) is 21.6. The first-order valence-corrected chi connectivity index (χ1v) is 9.76. The number of hydrogen-bond acceptors (Lipinski definition) is 3. The number of nitrogens with zero attached hydrogens (tertiary/aromatic N) is 1. The van der Waals surface area contributed by atoms with E-state index in [0.29, 0.717) is 32.8 Å². The highest BCUT2D eigenvalue weighted by molar-refractivity contribution is 6.31. The van der Waals surface area contributed by atoms with Crippen LogP contribution in [0.15, 0.2) is 83.8 Å². The molecule has 30 heavy (non-hydrogen) atoms. The Kier molecular flexibility index (Phi) is 5.55. The number of rotatable bonds is 5. The Morgan fingerprint density at radius 2 is 1.73 bits per heavy atom. The van der Waals surface area contributed by atoms with E-state index >= 15 is 0 Å². The van der Waals surface area contributed by atoms with Crippen LogP contribution in [0, 0.1) is 0 Å². The molecule has 5 nitrogen and oxygen atoms in total. The van der Waals surface area contributed by atoms with Crippen LogP contribution in [0.1, 0.15) is 15.9 Å². The van der Waals surface area contributed by atoms with E-state index in [1.165, 1.54) is 4.57 Å². The molecule has 0 spiro atoms. The lowest BCUT2D eigenvalue weighted by Crippen LogP contribution is -2.27. The normalized spacial score (nSPS) is 10.7. The highest BCUT2D eigenvalue weighted by atomic mass is 35.5. The Bertz CT molecular complexity index is 1300. The monoisotopic (exact) mass is 418 g/mol. The van der Waals surface area contributed by atoms with E-state index in [1.807, 2.05) is 24.3 Å². The number of aromatic nitrogens is 1. The minimum absolute atomic E-state index is 0.207. The van der Waals surface area contributed by atoms with Crippen LogP contribution in [0.3, 0.4) is 0 Å². The van der Waals surface area contributed by atoms with Crippen molar-refractivity contribution in [3.8, 4) is 11.4 Å². The van der Waals surface area contributed by atoms with Crippen molar-refractivity contribution in [1.82, 2.24) is 9.88 Å². The van der Waals surface area contributed by atoms with Crippen molar-refractivity contribution in [2.75, 3.05) is 7.11 Å². The summed E-state index contributed by atoms with van der Waals surface area (Å²) in [4.78, 5) is 26.2. The van der Waals surface area contributed by atoms with Crippen molar-refractivity contribution in [3.63, 3.8) is 0 Å². The van der Waals surface area contributed by atoms with Crippen LogP contribution >= 0.6 is 11.6 Å². The van der Waals surface area contributed by atoms with Crippen molar-refractivity contribution in [1.29, 1.82) is 0 Å². The molecule has 0 aliphatic heterocycles. The second-order valence-electron chi connectivity index (χ2n) is 6.74. The van der Waals surface area contributed by atoms with Crippen LogP contribution in [0.25, 0.3) is 16.5 Å². The molecule has 0 atom stereocenters. The first-order chi connectivity index (χ1) is 14.6. The Morgan fingerprint density at radius 1 is 1.00 bits per heavy atom. The number of benzene rings is 3. The summed E-state index contributed by atoms with van der Waals surface area (Å²) in [6.07, 6.45) is 1.57. The zero-order valence-electron chi connectivity index (χ0n) is 16.3. The smallest absolute Gasteiger partial charge is 0.262 e. The van der Waals surface area contributed by atoms with Crippen molar-refractivity contribution < 1.29 is 9.53 Å². The average Bonchev–Trinajstić information content (AvgIpc) is 2.79. The molecular weight excluding hydrogens is 400 g/mol. The number of fused-ring (bicyclic) bond motifs is 1. The lowest BCUT2D eigenvalue weighted by atomic mass is 10.1. The summed E-state index contributed by atoms with van der Waals surface area (Å²) in [5.74, 6) is 0.333. The third kappa shape index (κ3) is 3.80. The fourth-order valence-electron chi connectivity index (χ4n) is 3.34. The molecule has 3 aromatic carbocycles. The number of halogens is 1. The molecule has 0 aliphatic rings. The van der Waals surface area contributed by atoms with Crippen molar-refractivity contribution in [3.05, 3.63) is 105 Å². The number of pyridine rings is 1. The fourth-order valence-corrected chi connectivity index (χ4v) is 3.54. The van der Waals surface area contributed by atoms with Gasteiger partial charge in [0, 0.05) is 34.6 Å². The van der Waals surface area contributed by atoms with Crippen molar-refractivity contribution >= 4 is 28.3 Å². The lowest BCUT2D eigenvalue weighted by Gasteiger charge is -2.14. The summed E-state index contributed by atoms with van der Waals surface area (Å²) in [6.45, 7) is 0.283. The molecule has 4 aromatic rings. The van der Waals surface area contributed by atoms with Crippen LogP contribution < -0.4 is 15.6 Å². The van der Waals surface area contributed by atoms with Gasteiger partial charge in [0.25, 0.3) is 11.5 Å². The van der Waals surface area contributed by atoms with Gasteiger partial charge in [-0.3, -0.25) is 14.2 Å².